The van der Waals surface area contributed by atoms with Crippen molar-refractivity contribution in [3.63, 3.8) is 0 Å². The summed E-state index contributed by atoms with van der Waals surface area (Å²) in [5, 5.41) is 15.8. The van der Waals surface area contributed by atoms with Gasteiger partial charge in [-0.3, -0.25) is 4.90 Å². The molecule has 1 saturated heterocycles. The number of hydrogen-bond acceptors (Lipinski definition) is 3. The highest BCUT2D eigenvalue weighted by Gasteiger charge is 2.35. The Morgan fingerprint density at radius 1 is 1.03 bits per heavy atom. The highest BCUT2D eigenvalue weighted by atomic mass is 35.5. The highest BCUT2D eigenvalue weighted by molar-refractivity contribution is 6.30. The topological polar surface area (TPSA) is 68.2 Å². The Morgan fingerprint density at radius 3 is 2.42 bits per heavy atom. The average molecular weight is 437 g/mol. The van der Waals surface area contributed by atoms with E-state index in [9.17, 15) is 4.79 Å². The first-order valence-corrected chi connectivity index (χ1v) is 11.5. The van der Waals surface area contributed by atoms with Gasteiger partial charge in [-0.25, -0.2) is 4.79 Å². The zero-order valence-electron chi connectivity index (χ0n) is 17.7. The number of carbonyl (C=O) groups is 1. The Hall–Kier alpha value is -2.55. The van der Waals surface area contributed by atoms with E-state index in [2.05, 4.69) is 33.7 Å². The predicted molar refractivity (Wildman–Crippen MR) is 124 cm³/mol. The first-order chi connectivity index (χ1) is 15.1. The lowest BCUT2D eigenvalue weighted by Crippen LogP contribution is -2.52. The van der Waals surface area contributed by atoms with Crippen LogP contribution in [0.3, 0.4) is 0 Å². The molecule has 6 heteroatoms. The van der Waals surface area contributed by atoms with Crippen LogP contribution in [-0.4, -0.2) is 36.1 Å². The predicted octanol–water partition coefficient (Wildman–Crippen LogP) is 5.21. The van der Waals surface area contributed by atoms with Crippen LogP contribution in [0.2, 0.25) is 5.02 Å². The van der Waals surface area contributed by atoms with Crippen molar-refractivity contribution < 1.29 is 4.79 Å². The molecular formula is C25H29ClN4O. The van der Waals surface area contributed by atoms with Crippen LogP contribution in [0.4, 0.5) is 10.5 Å². The lowest BCUT2D eigenvalue weighted by atomic mass is 9.89. The van der Waals surface area contributed by atoms with Crippen LogP contribution < -0.4 is 10.6 Å². The number of nitrogens with zero attached hydrogens (tertiary/aromatic N) is 2. The lowest BCUT2D eigenvalue weighted by molar-refractivity contribution is 0.119. The Bertz CT molecular complexity index is 914. The van der Waals surface area contributed by atoms with Gasteiger partial charge in [0.1, 0.15) is 0 Å². The third-order valence-electron chi connectivity index (χ3n) is 6.62. The molecule has 2 N–H and O–H groups in total. The van der Waals surface area contributed by atoms with Gasteiger partial charge in [-0.2, -0.15) is 5.26 Å². The molecular weight excluding hydrogens is 408 g/mol. The maximum absolute atomic E-state index is 12.5. The Kier molecular flexibility index (Phi) is 7.11. The summed E-state index contributed by atoms with van der Waals surface area (Å²) < 4.78 is 0. The zero-order chi connectivity index (χ0) is 21.6. The van der Waals surface area contributed by atoms with E-state index in [0.29, 0.717) is 23.2 Å². The van der Waals surface area contributed by atoms with Crippen molar-refractivity contribution >= 4 is 23.3 Å². The Balaban J connectivity index is 1.26. The summed E-state index contributed by atoms with van der Waals surface area (Å²) in [6, 6.07) is 17.7. The average Bonchev–Trinajstić information content (AvgIpc) is 3.24. The summed E-state index contributed by atoms with van der Waals surface area (Å²) in [5.74, 6) is 0.713. The van der Waals surface area contributed by atoms with E-state index in [4.69, 9.17) is 16.9 Å². The molecule has 2 amide bonds. The summed E-state index contributed by atoms with van der Waals surface area (Å²) >= 11 is 6.00. The number of nitrogens with one attached hydrogen (secondary N) is 2. The molecule has 5 nitrogen and oxygen atoms in total. The minimum absolute atomic E-state index is 0.167. The Labute approximate surface area is 189 Å². The fourth-order valence-corrected chi connectivity index (χ4v) is 5.08. The number of anilines is 1. The molecule has 0 radical (unpaired) electrons. The van der Waals surface area contributed by atoms with Crippen LogP contribution >= 0.6 is 11.6 Å². The van der Waals surface area contributed by atoms with E-state index in [0.717, 1.165) is 43.8 Å². The van der Waals surface area contributed by atoms with Crippen molar-refractivity contribution in [3.8, 4) is 6.07 Å². The monoisotopic (exact) mass is 436 g/mol. The second-order valence-corrected chi connectivity index (χ2v) is 9.14. The number of piperidine rings is 1. The third-order valence-corrected chi connectivity index (χ3v) is 6.88. The fourth-order valence-electron chi connectivity index (χ4n) is 4.95. The van der Waals surface area contributed by atoms with Crippen LogP contribution in [0.5, 0.6) is 0 Å². The number of likely N-dealkylation sites (tertiary alicyclic amines) is 1. The molecule has 2 aromatic rings. The molecule has 2 aliphatic rings. The van der Waals surface area contributed by atoms with Gasteiger partial charge in [0.15, 0.2) is 0 Å². The molecule has 162 valence electrons. The summed E-state index contributed by atoms with van der Waals surface area (Å²) in [4.78, 5) is 15.1. The third kappa shape index (κ3) is 5.78. The van der Waals surface area contributed by atoms with Crippen molar-refractivity contribution in [1.82, 2.24) is 10.2 Å². The summed E-state index contributed by atoms with van der Waals surface area (Å²) in [7, 11) is 0. The van der Waals surface area contributed by atoms with Gasteiger partial charge in [-0.05, 0) is 99.5 Å². The summed E-state index contributed by atoms with van der Waals surface area (Å²) in [5.41, 5.74) is 2.65. The van der Waals surface area contributed by atoms with E-state index in [1.54, 1.807) is 24.3 Å². The molecule has 0 spiro atoms. The van der Waals surface area contributed by atoms with Crippen molar-refractivity contribution in [2.24, 2.45) is 5.92 Å². The van der Waals surface area contributed by atoms with Gasteiger partial charge in [0.2, 0.25) is 0 Å². The highest BCUT2D eigenvalue weighted by Crippen LogP contribution is 2.30. The quantitative estimate of drug-likeness (QED) is 0.676. The standard InChI is InChI=1S/C25H29ClN4O/c26-21-8-4-18(5-9-21)16-19-12-14-30(15-13-19)24-3-1-2-23(24)29-25(31)28-22-10-6-20(17-27)7-11-22/h4-11,19,23-24H,1-3,12-16H2,(H2,28,29,31). The maximum Gasteiger partial charge on any atom is 0.319 e. The number of benzene rings is 2. The van der Waals surface area contributed by atoms with E-state index in [1.807, 2.05) is 12.1 Å². The minimum Gasteiger partial charge on any atom is -0.334 e. The molecule has 0 bridgehead atoms. The van der Waals surface area contributed by atoms with Crippen LogP contribution in [0, 0.1) is 17.2 Å². The number of carbonyl (C=O) groups excluding carboxylic acids is 1. The molecule has 2 fully saturated rings. The second kappa shape index (κ2) is 10.2. The zero-order valence-corrected chi connectivity index (χ0v) is 18.4. The van der Waals surface area contributed by atoms with Crippen molar-refractivity contribution in [3.05, 3.63) is 64.7 Å². The number of nitriles is 1. The molecule has 2 aromatic carbocycles. The van der Waals surface area contributed by atoms with Crippen molar-refractivity contribution in [2.45, 2.75) is 50.6 Å². The van der Waals surface area contributed by atoms with Gasteiger partial charge in [0.05, 0.1) is 11.6 Å². The Morgan fingerprint density at radius 2 is 1.74 bits per heavy atom. The van der Waals surface area contributed by atoms with Crippen molar-refractivity contribution in [2.75, 3.05) is 18.4 Å². The SMILES string of the molecule is N#Cc1ccc(NC(=O)NC2CCCC2N2CCC(Cc3ccc(Cl)cc3)CC2)cc1. The van der Waals surface area contributed by atoms with Crippen LogP contribution in [0.15, 0.2) is 48.5 Å². The molecule has 1 aliphatic heterocycles. The van der Waals surface area contributed by atoms with Crippen LogP contribution in [-0.2, 0) is 6.42 Å². The van der Waals surface area contributed by atoms with Crippen LogP contribution in [0.25, 0.3) is 0 Å². The first-order valence-electron chi connectivity index (χ1n) is 11.2. The van der Waals surface area contributed by atoms with E-state index >= 15 is 0 Å². The van der Waals surface area contributed by atoms with Gasteiger partial charge in [-0.1, -0.05) is 23.7 Å². The van der Waals surface area contributed by atoms with Gasteiger partial charge >= 0.3 is 6.03 Å². The summed E-state index contributed by atoms with van der Waals surface area (Å²) in [6.07, 6.45) is 6.83. The minimum atomic E-state index is -0.167. The van der Waals surface area contributed by atoms with E-state index in [1.165, 1.54) is 18.4 Å². The normalized spacial score (nSPS) is 22.1. The largest absolute Gasteiger partial charge is 0.334 e. The first kappa shape index (κ1) is 21.7. The fraction of sp³-hybridized carbons (Fsp3) is 0.440. The number of amides is 2. The molecule has 31 heavy (non-hydrogen) atoms. The molecule has 1 aliphatic carbocycles. The van der Waals surface area contributed by atoms with Gasteiger partial charge in [0, 0.05) is 22.8 Å². The maximum atomic E-state index is 12.5. The van der Waals surface area contributed by atoms with Crippen molar-refractivity contribution in [1.29, 1.82) is 5.26 Å². The van der Waals surface area contributed by atoms with E-state index < -0.39 is 0 Å². The molecule has 0 aromatic heterocycles. The van der Waals surface area contributed by atoms with Gasteiger partial charge < -0.3 is 10.6 Å². The molecule has 4 rings (SSSR count). The number of rotatable bonds is 5. The van der Waals surface area contributed by atoms with Gasteiger partial charge in [0.25, 0.3) is 0 Å². The molecule has 2 unspecified atom stereocenters. The molecule has 2 atom stereocenters. The van der Waals surface area contributed by atoms with E-state index in [-0.39, 0.29) is 12.1 Å². The number of urea groups is 1. The van der Waals surface area contributed by atoms with Gasteiger partial charge in [-0.15, -0.1) is 0 Å². The smallest absolute Gasteiger partial charge is 0.319 e. The number of hydrogen-bond donors (Lipinski definition) is 2. The lowest BCUT2D eigenvalue weighted by Gasteiger charge is -2.38. The second-order valence-electron chi connectivity index (χ2n) is 8.70. The number of halogens is 1. The molecule has 1 heterocycles. The summed E-state index contributed by atoms with van der Waals surface area (Å²) in [6.45, 7) is 2.19. The molecule has 1 saturated carbocycles. The van der Waals surface area contributed by atoms with Crippen LogP contribution in [0.1, 0.15) is 43.2 Å².